The first kappa shape index (κ1) is 19.1. The SMILES string of the molecule is CN(Cc1nc(-c2ccc(Cl)cc2)no1)C(=O)c1ccc(N2CCCC2=O)cc1. The van der Waals surface area contributed by atoms with E-state index in [0.717, 1.165) is 24.2 Å². The molecule has 2 heterocycles. The monoisotopic (exact) mass is 410 g/mol. The van der Waals surface area contributed by atoms with Crippen LogP contribution in [0, 0.1) is 0 Å². The Hall–Kier alpha value is -3.19. The van der Waals surface area contributed by atoms with Crippen molar-refractivity contribution in [2.45, 2.75) is 19.4 Å². The van der Waals surface area contributed by atoms with E-state index in [1.807, 2.05) is 0 Å². The number of halogens is 1. The molecule has 148 valence electrons. The Morgan fingerprint density at radius 2 is 1.90 bits per heavy atom. The van der Waals surface area contributed by atoms with Crippen molar-refractivity contribution in [2.75, 3.05) is 18.5 Å². The van der Waals surface area contributed by atoms with Crippen LogP contribution >= 0.6 is 11.6 Å². The molecule has 0 atom stereocenters. The molecule has 3 aromatic rings. The van der Waals surface area contributed by atoms with Crippen LogP contribution in [0.25, 0.3) is 11.4 Å². The van der Waals surface area contributed by atoms with Gasteiger partial charge in [-0.05, 0) is 55.0 Å². The van der Waals surface area contributed by atoms with Gasteiger partial charge in [0.25, 0.3) is 5.91 Å². The molecule has 1 fully saturated rings. The molecule has 2 amide bonds. The molecule has 0 aliphatic carbocycles. The van der Waals surface area contributed by atoms with Crippen molar-refractivity contribution in [3.63, 3.8) is 0 Å². The van der Waals surface area contributed by atoms with Gasteiger partial charge in [-0.2, -0.15) is 4.98 Å². The van der Waals surface area contributed by atoms with Crippen molar-refractivity contribution in [1.29, 1.82) is 0 Å². The molecule has 1 saturated heterocycles. The van der Waals surface area contributed by atoms with E-state index >= 15 is 0 Å². The maximum atomic E-state index is 12.7. The highest BCUT2D eigenvalue weighted by atomic mass is 35.5. The standard InChI is InChI=1S/C21H19ClN4O3/c1-25(13-18-23-20(24-29-18)14-4-8-16(22)9-5-14)21(28)15-6-10-17(11-7-15)26-12-2-3-19(26)27/h4-11H,2-3,12-13H2,1H3. The van der Waals surface area contributed by atoms with E-state index in [1.54, 1.807) is 60.5 Å². The van der Waals surface area contributed by atoms with Gasteiger partial charge in [0.05, 0.1) is 6.54 Å². The minimum Gasteiger partial charge on any atom is -0.337 e. The lowest BCUT2D eigenvalue weighted by Gasteiger charge is -2.17. The van der Waals surface area contributed by atoms with Gasteiger partial charge in [-0.15, -0.1) is 0 Å². The molecule has 0 bridgehead atoms. The van der Waals surface area contributed by atoms with Crippen LogP contribution in [-0.2, 0) is 11.3 Å². The summed E-state index contributed by atoms with van der Waals surface area (Å²) in [6, 6.07) is 14.2. The summed E-state index contributed by atoms with van der Waals surface area (Å²) in [4.78, 5) is 32.1. The molecule has 0 unspecified atom stereocenters. The number of hydrogen-bond donors (Lipinski definition) is 0. The van der Waals surface area contributed by atoms with E-state index in [2.05, 4.69) is 10.1 Å². The third-order valence-electron chi connectivity index (χ3n) is 4.79. The predicted molar refractivity (Wildman–Crippen MR) is 109 cm³/mol. The zero-order valence-corrected chi connectivity index (χ0v) is 16.6. The van der Waals surface area contributed by atoms with Gasteiger partial charge in [-0.25, -0.2) is 0 Å². The van der Waals surface area contributed by atoms with Crippen LogP contribution in [0.5, 0.6) is 0 Å². The number of rotatable bonds is 5. The number of anilines is 1. The van der Waals surface area contributed by atoms with Crippen LogP contribution < -0.4 is 4.90 Å². The number of carbonyl (C=O) groups is 2. The highest BCUT2D eigenvalue weighted by Crippen LogP contribution is 2.22. The summed E-state index contributed by atoms with van der Waals surface area (Å²) < 4.78 is 5.27. The van der Waals surface area contributed by atoms with Crippen LogP contribution in [0.3, 0.4) is 0 Å². The normalized spacial score (nSPS) is 13.7. The van der Waals surface area contributed by atoms with Crippen LogP contribution in [0.2, 0.25) is 5.02 Å². The second-order valence-corrected chi connectivity index (χ2v) is 7.31. The molecule has 0 radical (unpaired) electrons. The largest absolute Gasteiger partial charge is 0.337 e. The number of amides is 2. The summed E-state index contributed by atoms with van der Waals surface area (Å²) in [6.45, 7) is 0.908. The lowest BCUT2D eigenvalue weighted by molar-refractivity contribution is -0.117. The topological polar surface area (TPSA) is 79.5 Å². The lowest BCUT2D eigenvalue weighted by Crippen LogP contribution is -2.27. The van der Waals surface area contributed by atoms with Crippen LogP contribution in [0.1, 0.15) is 29.1 Å². The van der Waals surface area contributed by atoms with E-state index in [0.29, 0.717) is 28.7 Å². The first-order valence-electron chi connectivity index (χ1n) is 9.26. The smallest absolute Gasteiger partial charge is 0.254 e. The van der Waals surface area contributed by atoms with Gasteiger partial charge in [0.15, 0.2) is 0 Å². The quantitative estimate of drug-likeness (QED) is 0.639. The second-order valence-electron chi connectivity index (χ2n) is 6.88. The van der Waals surface area contributed by atoms with E-state index in [9.17, 15) is 9.59 Å². The van der Waals surface area contributed by atoms with Gasteiger partial charge >= 0.3 is 0 Å². The summed E-state index contributed by atoms with van der Waals surface area (Å²) in [5, 5.41) is 4.59. The number of benzene rings is 2. The van der Waals surface area contributed by atoms with Gasteiger partial charge in [-0.3, -0.25) is 9.59 Å². The average Bonchev–Trinajstić information content (AvgIpc) is 3.37. The van der Waals surface area contributed by atoms with Gasteiger partial charge in [0.1, 0.15) is 0 Å². The number of hydrogen-bond acceptors (Lipinski definition) is 5. The fourth-order valence-corrected chi connectivity index (χ4v) is 3.36. The summed E-state index contributed by atoms with van der Waals surface area (Å²) >= 11 is 5.89. The summed E-state index contributed by atoms with van der Waals surface area (Å²) in [7, 11) is 1.67. The second kappa shape index (κ2) is 8.05. The molecule has 1 aliphatic rings. The van der Waals surface area contributed by atoms with Crippen molar-refractivity contribution in [1.82, 2.24) is 15.0 Å². The van der Waals surface area contributed by atoms with Gasteiger partial charge in [0.2, 0.25) is 17.6 Å². The zero-order valence-electron chi connectivity index (χ0n) is 15.8. The molecule has 8 heteroatoms. The van der Waals surface area contributed by atoms with Crippen LogP contribution in [0.15, 0.2) is 53.1 Å². The molecule has 0 saturated carbocycles. The minimum absolute atomic E-state index is 0.120. The summed E-state index contributed by atoms with van der Waals surface area (Å²) in [5.74, 6) is 0.729. The molecule has 0 spiro atoms. The Morgan fingerprint density at radius 3 is 2.55 bits per heavy atom. The first-order valence-corrected chi connectivity index (χ1v) is 9.63. The lowest BCUT2D eigenvalue weighted by atomic mass is 10.1. The maximum Gasteiger partial charge on any atom is 0.254 e. The number of carbonyl (C=O) groups excluding carboxylic acids is 2. The van der Waals surface area contributed by atoms with Crippen LogP contribution in [-0.4, -0.2) is 40.4 Å². The Labute approximate surface area is 172 Å². The molecule has 1 aromatic heterocycles. The van der Waals surface area contributed by atoms with Crippen molar-refractivity contribution in [2.24, 2.45) is 0 Å². The fourth-order valence-electron chi connectivity index (χ4n) is 3.24. The summed E-state index contributed by atoms with van der Waals surface area (Å²) in [6.07, 6.45) is 1.44. The van der Waals surface area contributed by atoms with Crippen molar-refractivity contribution < 1.29 is 14.1 Å². The average molecular weight is 411 g/mol. The van der Waals surface area contributed by atoms with E-state index in [-0.39, 0.29) is 18.4 Å². The van der Waals surface area contributed by atoms with E-state index in [1.165, 1.54) is 4.90 Å². The summed E-state index contributed by atoms with van der Waals surface area (Å²) in [5.41, 5.74) is 2.13. The van der Waals surface area contributed by atoms with Crippen molar-refractivity contribution in [3.8, 4) is 11.4 Å². The van der Waals surface area contributed by atoms with E-state index < -0.39 is 0 Å². The Morgan fingerprint density at radius 1 is 1.17 bits per heavy atom. The van der Waals surface area contributed by atoms with Crippen molar-refractivity contribution in [3.05, 3.63) is 65.0 Å². The fraction of sp³-hybridized carbons (Fsp3) is 0.238. The van der Waals surface area contributed by atoms with Crippen molar-refractivity contribution >= 4 is 29.1 Å². The molecule has 0 N–H and O–H groups in total. The molecule has 4 rings (SSSR count). The predicted octanol–water partition coefficient (Wildman–Crippen LogP) is 3.79. The van der Waals surface area contributed by atoms with Gasteiger partial charge in [0, 0.05) is 41.9 Å². The Balaban J connectivity index is 1.42. The van der Waals surface area contributed by atoms with Crippen LogP contribution in [0.4, 0.5) is 5.69 Å². The molecule has 1 aliphatic heterocycles. The molecule has 7 nitrogen and oxygen atoms in total. The highest BCUT2D eigenvalue weighted by Gasteiger charge is 2.22. The third kappa shape index (κ3) is 4.14. The van der Waals surface area contributed by atoms with E-state index in [4.69, 9.17) is 16.1 Å². The first-order chi connectivity index (χ1) is 14.0. The molecule has 2 aromatic carbocycles. The molecule has 29 heavy (non-hydrogen) atoms. The zero-order chi connectivity index (χ0) is 20.4. The third-order valence-corrected chi connectivity index (χ3v) is 5.04. The number of aromatic nitrogens is 2. The minimum atomic E-state index is -0.171. The Bertz CT molecular complexity index is 1030. The Kier molecular flexibility index (Phi) is 5.31. The van der Waals surface area contributed by atoms with Gasteiger partial charge < -0.3 is 14.3 Å². The molecular weight excluding hydrogens is 392 g/mol. The number of nitrogens with zero attached hydrogens (tertiary/aromatic N) is 4. The van der Waals surface area contributed by atoms with Gasteiger partial charge in [-0.1, -0.05) is 16.8 Å². The highest BCUT2D eigenvalue weighted by molar-refractivity contribution is 6.30. The maximum absolute atomic E-state index is 12.7. The molecular formula is C21H19ClN4O3.